The van der Waals surface area contributed by atoms with Gasteiger partial charge >= 0.3 is 0 Å². The van der Waals surface area contributed by atoms with E-state index >= 15 is 0 Å². The molecular weight excluding hydrogens is 339 g/mol. The van der Waals surface area contributed by atoms with E-state index in [4.69, 9.17) is 0 Å². The Morgan fingerprint density at radius 2 is 1.85 bits per heavy atom. The van der Waals surface area contributed by atoms with Crippen molar-refractivity contribution in [2.45, 2.75) is 45.1 Å². The highest BCUT2D eigenvalue weighted by atomic mass is 19.1. The predicted molar refractivity (Wildman–Crippen MR) is 106 cm³/mol. The van der Waals surface area contributed by atoms with E-state index < -0.39 is 0 Å². The molecule has 0 spiro atoms. The summed E-state index contributed by atoms with van der Waals surface area (Å²) in [5, 5.41) is 8.27. The van der Waals surface area contributed by atoms with E-state index in [0.717, 1.165) is 37.0 Å². The lowest BCUT2D eigenvalue weighted by molar-refractivity contribution is 0.207. The Kier molecular flexibility index (Phi) is 5.48. The molecule has 2 aromatic carbocycles. The summed E-state index contributed by atoms with van der Waals surface area (Å²) in [6.45, 7) is 6.44. The van der Waals surface area contributed by atoms with Crippen LogP contribution in [-0.2, 0) is 6.54 Å². The average molecular weight is 366 g/mol. The molecule has 0 radical (unpaired) electrons. The fourth-order valence-electron chi connectivity index (χ4n) is 4.11. The van der Waals surface area contributed by atoms with Gasteiger partial charge in [0.15, 0.2) is 0 Å². The summed E-state index contributed by atoms with van der Waals surface area (Å²) in [5.74, 6) is 0.472. The van der Waals surface area contributed by atoms with E-state index in [1.165, 1.54) is 49.2 Å². The van der Waals surface area contributed by atoms with Gasteiger partial charge in [0.05, 0.1) is 5.52 Å². The molecule has 27 heavy (non-hydrogen) atoms. The first-order chi connectivity index (χ1) is 13.2. The maximum atomic E-state index is 13.4. The highest BCUT2D eigenvalue weighted by molar-refractivity contribution is 5.73. The number of fused-ring (bicyclic) bond motifs is 1. The zero-order valence-corrected chi connectivity index (χ0v) is 15.9. The number of unbranched alkanes of at least 4 members (excludes halogenated alkanes) is 1. The van der Waals surface area contributed by atoms with E-state index in [-0.39, 0.29) is 5.82 Å². The van der Waals surface area contributed by atoms with Crippen LogP contribution < -0.4 is 0 Å². The minimum absolute atomic E-state index is 0.234. The van der Waals surface area contributed by atoms with Gasteiger partial charge in [-0.25, -0.2) is 9.07 Å². The quantitative estimate of drug-likeness (QED) is 0.601. The maximum Gasteiger partial charge on any atom is 0.125 e. The number of halogens is 1. The van der Waals surface area contributed by atoms with Gasteiger partial charge in [0.1, 0.15) is 11.3 Å². The minimum Gasteiger partial charge on any atom is -0.303 e. The molecule has 1 aliphatic rings. The smallest absolute Gasteiger partial charge is 0.125 e. The van der Waals surface area contributed by atoms with Gasteiger partial charge in [0.2, 0.25) is 0 Å². The summed E-state index contributed by atoms with van der Waals surface area (Å²) in [4.78, 5) is 2.57. The lowest BCUT2D eigenvalue weighted by atomic mass is 9.88. The summed E-state index contributed by atoms with van der Waals surface area (Å²) in [6.07, 6.45) is 4.66. The van der Waals surface area contributed by atoms with Crippen LogP contribution >= 0.6 is 0 Å². The molecule has 142 valence electrons. The van der Waals surface area contributed by atoms with Gasteiger partial charge in [-0.2, -0.15) is 0 Å². The number of piperidine rings is 1. The number of nitrogens with zero attached hydrogens (tertiary/aromatic N) is 4. The molecule has 1 aliphatic heterocycles. The van der Waals surface area contributed by atoms with E-state index in [1.807, 2.05) is 4.68 Å². The lowest BCUT2D eigenvalue weighted by Crippen LogP contribution is -2.33. The number of aromatic nitrogens is 3. The van der Waals surface area contributed by atoms with Crippen molar-refractivity contribution in [1.29, 1.82) is 0 Å². The second-order valence-electron chi connectivity index (χ2n) is 7.68. The molecule has 4 nitrogen and oxygen atoms in total. The monoisotopic (exact) mass is 366 g/mol. The summed E-state index contributed by atoms with van der Waals surface area (Å²) in [7, 11) is 0. The second-order valence-corrected chi connectivity index (χ2v) is 7.68. The third-order valence-corrected chi connectivity index (χ3v) is 5.67. The van der Waals surface area contributed by atoms with Crippen LogP contribution in [0.15, 0.2) is 42.5 Å². The summed E-state index contributed by atoms with van der Waals surface area (Å²) < 4.78 is 15.2. The van der Waals surface area contributed by atoms with Crippen LogP contribution in [0.4, 0.5) is 4.39 Å². The summed E-state index contributed by atoms with van der Waals surface area (Å²) in [6, 6.07) is 13.6. The van der Waals surface area contributed by atoms with Crippen molar-refractivity contribution in [2.24, 2.45) is 0 Å². The molecule has 1 fully saturated rings. The first-order valence-corrected chi connectivity index (χ1v) is 9.97. The molecule has 5 heteroatoms. The highest BCUT2D eigenvalue weighted by Crippen LogP contribution is 2.28. The molecular formula is C22H27FN4. The van der Waals surface area contributed by atoms with Gasteiger partial charge in [-0.1, -0.05) is 35.0 Å². The van der Waals surface area contributed by atoms with Crippen LogP contribution in [0.1, 0.15) is 42.7 Å². The van der Waals surface area contributed by atoms with Crippen molar-refractivity contribution in [3.05, 3.63) is 59.4 Å². The van der Waals surface area contributed by atoms with Crippen molar-refractivity contribution < 1.29 is 4.39 Å². The Hall–Kier alpha value is -2.27. The topological polar surface area (TPSA) is 34.0 Å². The zero-order valence-electron chi connectivity index (χ0n) is 15.9. The summed E-state index contributed by atoms with van der Waals surface area (Å²) >= 11 is 0. The molecule has 0 unspecified atom stereocenters. The second kappa shape index (κ2) is 8.17. The SMILES string of the molecule is Cc1cccc(C2CCN(CCCCn3nnc4ccc(F)cc43)CC2)c1. The van der Waals surface area contributed by atoms with Gasteiger partial charge in [0, 0.05) is 12.6 Å². The molecule has 0 N–H and O–H groups in total. The van der Waals surface area contributed by atoms with Crippen LogP contribution in [0, 0.1) is 12.7 Å². The normalized spacial score (nSPS) is 16.2. The Balaban J connectivity index is 1.22. The van der Waals surface area contributed by atoms with Gasteiger partial charge in [-0.15, -0.1) is 5.10 Å². The van der Waals surface area contributed by atoms with Crippen molar-refractivity contribution in [2.75, 3.05) is 19.6 Å². The van der Waals surface area contributed by atoms with E-state index in [2.05, 4.69) is 46.4 Å². The van der Waals surface area contributed by atoms with E-state index in [9.17, 15) is 4.39 Å². The Morgan fingerprint density at radius 3 is 2.67 bits per heavy atom. The van der Waals surface area contributed by atoms with Crippen LogP contribution in [0.2, 0.25) is 0 Å². The van der Waals surface area contributed by atoms with Crippen molar-refractivity contribution in [3.8, 4) is 0 Å². The molecule has 0 saturated carbocycles. The molecule has 0 aliphatic carbocycles. The van der Waals surface area contributed by atoms with Gasteiger partial charge < -0.3 is 4.90 Å². The van der Waals surface area contributed by atoms with Crippen LogP contribution in [0.5, 0.6) is 0 Å². The predicted octanol–water partition coefficient (Wildman–Crippen LogP) is 4.54. The number of likely N-dealkylation sites (tertiary alicyclic amines) is 1. The fraction of sp³-hybridized carbons (Fsp3) is 0.455. The molecule has 4 rings (SSSR count). The Bertz CT molecular complexity index is 896. The highest BCUT2D eigenvalue weighted by Gasteiger charge is 2.20. The molecule has 2 heterocycles. The third-order valence-electron chi connectivity index (χ3n) is 5.67. The summed E-state index contributed by atoms with van der Waals surface area (Å²) in [5.41, 5.74) is 4.40. The van der Waals surface area contributed by atoms with Gasteiger partial charge in [-0.3, -0.25) is 0 Å². The van der Waals surface area contributed by atoms with Gasteiger partial charge in [-0.05, 0) is 75.9 Å². The number of hydrogen-bond donors (Lipinski definition) is 0. The molecule has 3 aromatic rings. The number of aryl methyl sites for hydroxylation is 2. The standard InChI is InChI=1S/C22H27FN4/c1-17-5-4-6-19(15-17)18-9-13-26(14-10-18)11-2-3-12-27-22-16-20(23)7-8-21(22)24-25-27/h4-8,15-16,18H,2-3,9-14H2,1H3. The maximum absolute atomic E-state index is 13.4. The average Bonchev–Trinajstić information content (AvgIpc) is 3.08. The van der Waals surface area contributed by atoms with Crippen LogP contribution in [0.25, 0.3) is 11.0 Å². The van der Waals surface area contributed by atoms with Crippen LogP contribution in [-0.4, -0.2) is 39.5 Å². The molecule has 0 amide bonds. The van der Waals surface area contributed by atoms with E-state index in [1.54, 1.807) is 6.07 Å². The Morgan fingerprint density at radius 1 is 1.04 bits per heavy atom. The number of hydrogen-bond acceptors (Lipinski definition) is 3. The lowest BCUT2D eigenvalue weighted by Gasteiger charge is -2.32. The van der Waals surface area contributed by atoms with Crippen molar-refractivity contribution in [3.63, 3.8) is 0 Å². The van der Waals surface area contributed by atoms with Crippen LogP contribution in [0.3, 0.4) is 0 Å². The fourth-order valence-corrected chi connectivity index (χ4v) is 4.11. The molecule has 1 saturated heterocycles. The van der Waals surface area contributed by atoms with Crippen molar-refractivity contribution >= 4 is 11.0 Å². The minimum atomic E-state index is -0.234. The number of benzene rings is 2. The van der Waals surface area contributed by atoms with Crippen molar-refractivity contribution in [1.82, 2.24) is 19.9 Å². The largest absolute Gasteiger partial charge is 0.303 e. The number of rotatable bonds is 6. The molecule has 0 bridgehead atoms. The first kappa shape index (κ1) is 18.1. The third kappa shape index (κ3) is 4.35. The van der Waals surface area contributed by atoms with E-state index in [0.29, 0.717) is 5.92 Å². The zero-order chi connectivity index (χ0) is 18.6. The Labute approximate surface area is 160 Å². The molecule has 0 atom stereocenters. The van der Waals surface area contributed by atoms with Gasteiger partial charge in [0.25, 0.3) is 0 Å². The first-order valence-electron chi connectivity index (χ1n) is 9.97. The molecule has 1 aromatic heterocycles.